The average molecular weight is 508 g/mol. The lowest BCUT2D eigenvalue weighted by molar-refractivity contribution is -0.122. The van der Waals surface area contributed by atoms with Crippen molar-refractivity contribution >= 4 is 41.2 Å². The van der Waals surface area contributed by atoms with Gasteiger partial charge in [0.25, 0.3) is 11.8 Å². The molecule has 2 aromatic carbocycles. The van der Waals surface area contributed by atoms with Gasteiger partial charge in [-0.3, -0.25) is 14.9 Å². The highest BCUT2D eigenvalue weighted by molar-refractivity contribution is 6.39. The number of hydrogen-bond acceptors (Lipinski definition) is 5. The average Bonchev–Trinajstić information content (AvgIpc) is 3.11. The van der Waals surface area contributed by atoms with Gasteiger partial charge in [-0.25, -0.2) is 9.69 Å². The highest BCUT2D eigenvalue weighted by Crippen LogP contribution is 2.35. The molecule has 186 valence electrons. The predicted octanol–water partition coefficient (Wildman–Crippen LogP) is 5.21. The first-order valence-corrected chi connectivity index (χ1v) is 11.9. The van der Waals surface area contributed by atoms with E-state index in [1.807, 2.05) is 43.5 Å². The lowest BCUT2D eigenvalue weighted by atomic mass is 10.1. The van der Waals surface area contributed by atoms with Crippen LogP contribution in [-0.2, 0) is 9.59 Å². The number of barbiturate groups is 1. The first-order valence-electron chi connectivity index (χ1n) is 11.5. The summed E-state index contributed by atoms with van der Waals surface area (Å²) in [6, 6.07) is 13.2. The van der Waals surface area contributed by atoms with Crippen LogP contribution in [0.15, 0.2) is 54.1 Å². The first kappa shape index (κ1) is 25.1. The molecule has 1 aromatic heterocycles. The second-order valence-corrected chi connectivity index (χ2v) is 8.53. The van der Waals surface area contributed by atoms with Gasteiger partial charge >= 0.3 is 6.03 Å². The predicted molar refractivity (Wildman–Crippen MR) is 138 cm³/mol. The summed E-state index contributed by atoms with van der Waals surface area (Å²) >= 11 is 6.03. The zero-order chi connectivity index (χ0) is 26.0. The van der Waals surface area contributed by atoms with Crippen LogP contribution in [0.5, 0.6) is 11.5 Å². The van der Waals surface area contributed by atoms with Crippen LogP contribution in [0, 0.1) is 13.8 Å². The maximum atomic E-state index is 13.5. The van der Waals surface area contributed by atoms with Gasteiger partial charge in [0.2, 0.25) is 0 Å². The van der Waals surface area contributed by atoms with E-state index in [0.29, 0.717) is 35.3 Å². The first-order chi connectivity index (χ1) is 17.2. The molecule has 8 nitrogen and oxygen atoms in total. The van der Waals surface area contributed by atoms with E-state index in [2.05, 4.69) is 5.32 Å². The number of carbonyl (C=O) groups is 3. The second-order valence-electron chi connectivity index (χ2n) is 8.09. The highest BCUT2D eigenvalue weighted by Gasteiger charge is 2.38. The van der Waals surface area contributed by atoms with Gasteiger partial charge < -0.3 is 14.0 Å². The van der Waals surface area contributed by atoms with E-state index in [-0.39, 0.29) is 11.3 Å². The van der Waals surface area contributed by atoms with Crippen LogP contribution in [0.3, 0.4) is 0 Å². The fraction of sp³-hybridized carbons (Fsp3) is 0.222. The molecular weight excluding hydrogens is 482 g/mol. The van der Waals surface area contributed by atoms with Crippen LogP contribution >= 0.6 is 11.6 Å². The fourth-order valence-electron chi connectivity index (χ4n) is 4.16. The van der Waals surface area contributed by atoms with Gasteiger partial charge in [-0.2, -0.15) is 0 Å². The van der Waals surface area contributed by atoms with Crippen molar-refractivity contribution < 1.29 is 23.9 Å². The number of anilines is 1. The van der Waals surface area contributed by atoms with E-state index >= 15 is 0 Å². The summed E-state index contributed by atoms with van der Waals surface area (Å²) in [7, 11) is 0. The molecular formula is C27H26ClN3O5. The Labute approximate surface area is 214 Å². The molecule has 1 N–H and O–H groups in total. The quantitative estimate of drug-likeness (QED) is 0.350. The third-order valence-corrected chi connectivity index (χ3v) is 5.99. The van der Waals surface area contributed by atoms with Crippen molar-refractivity contribution in [2.45, 2.75) is 27.7 Å². The van der Waals surface area contributed by atoms with Crippen molar-refractivity contribution in [1.82, 2.24) is 9.88 Å². The Hall–Kier alpha value is -4.04. The third-order valence-electron chi connectivity index (χ3n) is 5.74. The Bertz CT molecular complexity index is 1370. The zero-order valence-electron chi connectivity index (χ0n) is 20.4. The maximum absolute atomic E-state index is 13.5. The van der Waals surface area contributed by atoms with Gasteiger partial charge in [0.15, 0.2) is 0 Å². The van der Waals surface area contributed by atoms with E-state index < -0.39 is 17.8 Å². The summed E-state index contributed by atoms with van der Waals surface area (Å²) in [6.07, 6.45) is 1.50. The number of ether oxygens (including phenoxy) is 2. The smallest absolute Gasteiger partial charge is 0.336 e. The van der Waals surface area contributed by atoms with Crippen molar-refractivity contribution in [3.05, 3.63) is 76.1 Å². The van der Waals surface area contributed by atoms with E-state index in [1.54, 1.807) is 37.3 Å². The van der Waals surface area contributed by atoms with Crippen molar-refractivity contribution in [2.75, 3.05) is 18.1 Å². The maximum Gasteiger partial charge on any atom is 0.336 e. The number of urea groups is 1. The number of hydrogen-bond donors (Lipinski definition) is 1. The number of carbonyl (C=O) groups excluding carboxylic acids is 3. The molecule has 0 unspecified atom stereocenters. The number of benzene rings is 2. The topological polar surface area (TPSA) is 89.9 Å². The van der Waals surface area contributed by atoms with Gasteiger partial charge in [0.05, 0.1) is 18.9 Å². The van der Waals surface area contributed by atoms with Gasteiger partial charge in [-0.15, -0.1) is 0 Å². The Balaban J connectivity index is 1.77. The molecule has 4 amide bonds. The molecule has 36 heavy (non-hydrogen) atoms. The van der Waals surface area contributed by atoms with E-state index in [1.165, 1.54) is 6.08 Å². The van der Waals surface area contributed by atoms with E-state index in [0.717, 1.165) is 22.0 Å². The summed E-state index contributed by atoms with van der Waals surface area (Å²) in [5, 5.41) is 2.89. The minimum Gasteiger partial charge on any atom is -0.494 e. The van der Waals surface area contributed by atoms with Crippen LogP contribution < -0.4 is 19.7 Å². The number of imide groups is 2. The van der Waals surface area contributed by atoms with Crippen LogP contribution in [0.4, 0.5) is 10.5 Å². The summed E-state index contributed by atoms with van der Waals surface area (Å²) in [4.78, 5) is 40.0. The van der Waals surface area contributed by atoms with E-state index in [4.69, 9.17) is 21.1 Å². The minimum absolute atomic E-state index is 0.171. The summed E-state index contributed by atoms with van der Waals surface area (Å²) < 4.78 is 13.2. The molecule has 0 bridgehead atoms. The van der Waals surface area contributed by atoms with Crippen molar-refractivity contribution in [3.63, 3.8) is 0 Å². The Morgan fingerprint density at radius 2 is 1.64 bits per heavy atom. The number of rotatable bonds is 7. The largest absolute Gasteiger partial charge is 0.494 e. The van der Waals surface area contributed by atoms with Crippen LogP contribution in [-0.4, -0.2) is 35.6 Å². The van der Waals surface area contributed by atoms with Gasteiger partial charge in [0, 0.05) is 28.2 Å². The van der Waals surface area contributed by atoms with Gasteiger partial charge in [0.1, 0.15) is 17.1 Å². The van der Waals surface area contributed by atoms with Crippen molar-refractivity contribution in [1.29, 1.82) is 0 Å². The standard InChI is InChI=1S/C27H26ClN3O5/c1-5-35-21-11-12-24(36-6-2)23(15-21)31-26(33)22(25(32)29-27(31)34)14-18-13-16(3)30(17(18)4)20-9-7-19(28)8-10-20/h7-15H,5-6H2,1-4H3,(H,29,32,34). The molecule has 1 saturated heterocycles. The van der Waals surface area contributed by atoms with Crippen molar-refractivity contribution in [3.8, 4) is 17.2 Å². The second kappa shape index (κ2) is 10.3. The van der Waals surface area contributed by atoms with Crippen LogP contribution in [0.1, 0.15) is 30.8 Å². The summed E-state index contributed by atoms with van der Waals surface area (Å²) in [6.45, 7) is 8.17. The lowest BCUT2D eigenvalue weighted by Crippen LogP contribution is -2.54. The number of aryl methyl sites for hydroxylation is 1. The molecule has 1 aliphatic rings. The van der Waals surface area contributed by atoms with Crippen LogP contribution in [0.25, 0.3) is 11.8 Å². The highest BCUT2D eigenvalue weighted by atomic mass is 35.5. The Morgan fingerprint density at radius 1 is 0.944 bits per heavy atom. The molecule has 4 rings (SSSR count). The summed E-state index contributed by atoms with van der Waals surface area (Å²) in [5.41, 5.74) is 3.30. The number of halogens is 1. The number of amides is 4. The monoisotopic (exact) mass is 507 g/mol. The molecule has 9 heteroatoms. The molecule has 1 fully saturated rings. The van der Waals surface area contributed by atoms with E-state index in [9.17, 15) is 14.4 Å². The molecule has 0 saturated carbocycles. The molecule has 2 heterocycles. The Morgan fingerprint density at radius 3 is 2.31 bits per heavy atom. The Kier molecular flexibility index (Phi) is 7.17. The zero-order valence-corrected chi connectivity index (χ0v) is 21.2. The molecule has 3 aromatic rings. The molecule has 0 radical (unpaired) electrons. The van der Waals surface area contributed by atoms with Crippen molar-refractivity contribution in [2.24, 2.45) is 0 Å². The molecule has 1 aliphatic heterocycles. The number of nitrogens with one attached hydrogen (secondary N) is 1. The third kappa shape index (κ3) is 4.72. The van der Waals surface area contributed by atoms with Crippen LogP contribution in [0.2, 0.25) is 5.02 Å². The fourth-order valence-corrected chi connectivity index (χ4v) is 4.28. The molecule has 0 aliphatic carbocycles. The van der Waals surface area contributed by atoms with Gasteiger partial charge in [-0.05, 0) is 81.8 Å². The number of aromatic nitrogens is 1. The number of nitrogens with zero attached hydrogens (tertiary/aromatic N) is 2. The normalized spacial score (nSPS) is 14.9. The molecule has 0 spiro atoms. The summed E-state index contributed by atoms with van der Waals surface area (Å²) in [5.74, 6) is -0.740. The minimum atomic E-state index is -0.858. The SMILES string of the molecule is CCOc1ccc(OCC)c(N2C(=O)NC(=O)C(=Cc3cc(C)n(-c4ccc(Cl)cc4)c3C)C2=O)c1. The molecule has 0 atom stereocenters. The van der Waals surface area contributed by atoms with Gasteiger partial charge in [-0.1, -0.05) is 11.6 Å². The lowest BCUT2D eigenvalue weighted by Gasteiger charge is -2.28.